The van der Waals surface area contributed by atoms with Gasteiger partial charge in [-0.1, -0.05) is 18.2 Å². The topological polar surface area (TPSA) is 69.6 Å². The van der Waals surface area contributed by atoms with Crippen molar-refractivity contribution in [1.82, 2.24) is 0 Å². The van der Waals surface area contributed by atoms with Crippen molar-refractivity contribution in [2.45, 2.75) is 37.6 Å². The molecule has 2 aromatic rings. The Kier molecular flexibility index (Phi) is 5.01. The Morgan fingerprint density at radius 2 is 1.87 bits per heavy atom. The van der Waals surface area contributed by atoms with Gasteiger partial charge < -0.3 is 5.11 Å². The summed E-state index contributed by atoms with van der Waals surface area (Å²) in [6, 6.07) is 10.8. The van der Waals surface area contributed by atoms with E-state index >= 15 is 0 Å². The van der Waals surface area contributed by atoms with Crippen molar-refractivity contribution in [3.05, 3.63) is 69.8 Å². The van der Waals surface area contributed by atoms with Crippen molar-refractivity contribution in [1.29, 1.82) is 0 Å². The molecule has 0 radical (unpaired) electrons. The molecule has 30 heavy (non-hydrogen) atoms. The Bertz CT molecular complexity index is 1020. The third kappa shape index (κ3) is 3.54. The van der Waals surface area contributed by atoms with E-state index in [-0.39, 0.29) is 12.2 Å². The number of nitrogens with zero attached hydrogens (tertiary/aromatic N) is 3. The lowest BCUT2D eigenvalue weighted by molar-refractivity contribution is -0.658. The van der Waals surface area contributed by atoms with Crippen LogP contribution in [0, 0.1) is 10.1 Å². The van der Waals surface area contributed by atoms with Gasteiger partial charge >= 0.3 is 6.18 Å². The van der Waals surface area contributed by atoms with Crippen LogP contribution in [0.2, 0.25) is 0 Å². The van der Waals surface area contributed by atoms with Crippen LogP contribution in [0.4, 0.5) is 24.5 Å². The predicted octanol–water partition coefficient (Wildman–Crippen LogP) is 4.26. The van der Waals surface area contributed by atoms with E-state index in [1.165, 1.54) is 24.3 Å². The van der Waals surface area contributed by atoms with Gasteiger partial charge in [0.1, 0.15) is 5.69 Å². The third-order valence-electron chi connectivity index (χ3n) is 5.73. The predicted molar refractivity (Wildman–Crippen MR) is 104 cm³/mol. The molecule has 1 atom stereocenters. The number of halogens is 3. The van der Waals surface area contributed by atoms with Gasteiger partial charge in [-0.05, 0) is 37.5 Å². The monoisotopic (exact) mass is 420 g/mol. The zero-order chi connectivity index (χ0) is 21.5. The molecule has 0 amide bonds. The van der Waals surface area contributed by atoms with Crippen molar-refractivity contribution >= 4 is 17.2 Å². The van der Waals surface area contributed by atoms with Crippen LogP contribution in [0.3, 0.4) is 0 Å². The Balaban J connectivity index is 1.81. The lowest BCUT2D eigenvalue weighted by atomic mass is 10.0. The lowest BCUT2D eigenvalue weighted by Crippen LogP contribution is -2.41. The van der Waals surface area contributed by atoms with E-state index in [1.54, 1.807) is 21.6 Å². The first kappa shape index (κ1) is 20.3. The summed E-state index contributed by atoms with van der Waals surface area (Å²) in [7, 11) is 0. The van der Waals surface area contributed by atoms with Crippen molar-refractivity contribution < 1.29 is 27.8 Å². The van der Waals surface area contributed by atoms with Crippen LogP contribution in [-0.2, 0) is 11.9 Å². The fraction of sp³-hybridized carbons (Fsp3) is 0.381. The van der Waals surface area contributed by atoms with Gasteiger partial charge in [-0.25, -0.2) is 9.48 Å². The number of anilines is 1. The molecule has 0 spiro atoms. The molecule has 6 nitrogen and oxygen atoms in total. The normalized spacial score (nSPS) is 22.1. The minimum Gasteiger partial charge on any atom is -0.346 e. The van der Waals surface area contributed by atoms with Crippen LogP contribution in [0.5, 0.6) is 0 Å². The molecular weight excluding hydrogens is 399 g/mol. The Morgan fingerprint density at radius 3 is 2.60 bits per heavy atom. The molecule has 0 saturated heterocycles. The van der Waals surface area contributed by atoms with Crippen molar-refractivity contribution in [2.24, 2.45) is 0 Å². The van der Waals surface area contributed by atoms with Crippen LogP contribution in [0.1, 0.15) is 36.8 Å². The first-order valence-electron chi connectivity index (χ1n) is 9.76. The highest BCUT2D eigenvalue weighted by molar-refractivity contribution is 5.96. The molecule has 9 heteroatoms. The van der Waals surface area contributed by atoms with Crippen LogP contribution in [0.15, 0.2) is 48.5 Å². The van der Waals surface area contributed by atoms with E-state index in [4.69, 9.17) is 0 Å². The minimum atomic E-state index is -4.47. The third-order valence-corrected chi connectivity index (χ3v) is 5.73. The smallest absolute Gasteiger partial charge is 0.346 e. The van der Waals surface area contributed by atoms with Gasteiger partial charge in [0.15, 0.2) is 6.54 Å². The van der Waals surface area contributed by atoms with Gasteiger partial charge in [0.05, 0.1) is 17.0 Å². The van der Waals surface area contributed by atoms with Gasteiger partial charge in [0, 0.05) is 24.1 Å². The van der Waals surface area contributed by atoms with Crippen LogP contribution < -0.4 is 4.90 Å². The number of nitro groups is 1. The quantitative estimate of drug-likeness (QED) is 0.458. The highest BCUT2D eigenvalue weighted by Crippen LogP contribution is 2.38. The average molecular weight is 420 g/mol. The summed E-state index contributed by atoms with van der Waals surface area (Å²) in [6.45, 7) is 0.509. The molecular formula is C21H21F3N3O3+. The van der Waals surface area contributed by atoms with Crippen LogP contribution >= 0.6 is 0 Å². The van der Waals surface area contributed by atoms with Gasteiger partial charge in [-0.15, -0.1) is 0 Å². The molecule has 158 valence electrons. The molecule has 0 saturated carbocycles. The lowest BCUT2D eigenvalue weighted by Gasteiger charge is -2.23. The standard InChI is InChI=1S/C21H21F3N3O3/c22-21(23,24)16-7-5-8-17(13-16)25-14-20(28,26-11-3-1-2-10-19(25)26)15-6-4-9-18(12-15)27(29)30/h4-9,12-13,28H,1-3,10-11,14H2/q+1/t20-/m0/s1. The van der Waals surface area contributed by atoms with Crippen molar-refractivity contribution in [3.8, 4) is 0 Å². The zero-order valence-corrected chi connectivity index (χ0v) is 16.1. The number of benzene rings is 2. The second-order valence-corrected chi connectivity index (χ2v) is 7.64. The molecule has 4 rings (SSSR count). The number of hydrogen-bond acceptors (Lipinski definition) is 4. The molecule has 0 bridgehead atoms. The van der Waals surface area contributed by atoms with E-state index in [9.17, 15) is 28.4 Å². The molecule has 2 aliphatic rings. The fourth-order valence-corrected chi connectivity index (χ4v) is 4.28. The molecule has 2 aromatic carbocycles. The minimum absolute atomic E-state index is 0.00912. The Labute approximate surface area is 171 Å². The van der Waals surface area contributed by atoms with Gasteiger partial charge in [-0.2, -0.15) is 13.2 Å². The van der Waals surface area contributed by atoms with Gasteiger partial charge in [-0.3, -0.25) is 10.1 Å². The number of rotatable bonds is 3. The second-order valence-electron chi connectivity index (χ2n) is 7.64. The first-order chi connectivity index (χ1) is 14.2. The number of non-ortho nitro benzene ring substituents is 1. The molecule has 2 heterocycles. The summed E-state index contributed by atoms with van der Waals surface area (Å²) in [5, 5.41) is 22.9. The maximum Gasteiger partial charge on any atom is 0.416 e. The largest absolute Gasteiger partial charge is 0.416 e. The summed E-state index contributed by atoms with van der Waals surface area (Å²) in [4.78, 5) is 12.4. The average Bonchev–Trinajstić information content (AvgIpc) is 2.86. The Morgan fingerprint density at radius 1 is 1.10 bits per heavy atom. The summed E-state index contributed by atoms with van der Waals surface area (Å²) in [6.07, 6.45) is -1.27. The van der Waals surface area contributed by atoms with Gasteiger partial charge in [0.25, 0.3) is 17.2 Å². The molecule has 0 aromatic heterocycles. The van der Waals surface area contributed by atoms with Gasteiger partial charge in [0.2, 0.25) is 0 Å². The van der Waals surface area contributed by atoms with E-state index in [0.717, 1.165) is 37.2 Å². The number of alkyl halides is 3. The highest BCUT2D eigenvalue weighted by atomic mass is 19.4. The highest BCUT2D eigenvalue weighted by Gasteiger charge is 2.52. The molecule has 0 unspecified atom stereocenters. The summed E-state index contributed by atoms with van der Waals surface area (Å²) in [5.74, 6) is 0.737. The molecule has 1 N–H and O–H groups in total. The van der Waals surface area contributed by atoms with E-state index in [2.05, 4.69) is 0 Å². The summed E-state index contributed by atoms with van der Waals surface area (Å²) < 4.78 is 41.5. The van der Waals surface area contributed by atoms with Crippen molar-refractivity contribution in [2.75, 3.05) is 18.0 Å². The SMILES string of the molecule is O=[N+]([O-])c1cccc([C@@]2(O)CN(c3cccc(C(F)(F)F)c3)C3=[N+]2CCCCC3)c1. The number of aliphatic hydroxyl groups is 1. The number of amidine groups is 1. The number of β-amino-alcohol motifs (C(OH)–C–C–N with tert-alkyl or cyclic N) is 1. The maximum absolute atomic E-state index is 13.2. The second kappa shape index (κ2) is 7.39. The number of hydrogen-bond donors (Lipinski definition) is 1. The summed E-state index contributed by atoms with van der Waals surface area (Å²) in [5.41, 5.74) is -1.78. The maximum atomic E-state index is 13.2. The molecule has 0 aliphatic carbocycles. The summed E-state index contributed by atoms with van der Waals surface area (Å²) >= 11 is 0. The molecule has 2 aliphatic heterocycles. The Hall–Kier alpha value is -2.94. The van der Waals surface area contributed by atoms with Crippen molar-refractivity contribution in [3.63, 3.8) is 0 Å². The van der Waals surface area contributed by atoms with Crippen LogP contribution in [-0.4, -0.2) is 33.5 Å². The first-order valence-corrected chi connectivity index (χ1v) is 9.76. The van der Waals surface area contributed by atoms with E-state index in [1.807, 2.05) is 0 Å². The molecule has 0 fully saturated rings. The fourth-order valence-electron chi connectivity index (χ4n) is 4.28. The van der Waals surface area contributed by atoms with Crippen LogP contribution in [0.25, 0.3) is 0 Å². The van der Waals surface area contributed by atoms with E-state index in [0.29, 0.717) is 24.2 Å². The zero-order valence-electron chi connectivity index (χ0n) is 16.1. The number of nitro benzene ring substituents is 1. The van der Waals surface area contributed by atoms with E-state index < -0.39 is 22.4 Å².